The minimum Gasteiger partial charge on any atom is -0.486 e. The maximum absolute atomic E-state index is 13.7. The van der Waals surface area contributed by atoms with Gasteiger partial charge in [0.2, 0.25) is 6.79 Å². The average molecular weight is 588 g/mol. The summed E-state index contributed by atoms with van der Waals surface area (Å²) < 4.78 is 46.4. The van der Waals surface area contributed by atoms with Crippen molar-refractivity contribution in [2.24, 2.45) is 5.92 Å². The van der Waals surface area contributed by atoms with E-state index in [1.54, 1.807) is 41.5 Å². The van der Waals surface area contributed by atoms with E-state index >= 15 is 0 Å². The number of hydrogen-bond acceptors (Lipinski definition) is 9. The van der Waals surface area contributed by atoms with E-state index in [0.29, 0.717) is 25.4 Å². The molecule has 0 fully saturated rings. The van der Waals surface area contributed by atoms with Gasteiger partial charge in [-0.2, -0.15) is 0 Å². The summed E-state index contributed by atoms with van der Waals surface area (Å²) in [7, 11) is -1.91. The van der Waals surface area contributed by atoms with Crippen molar-refractivity contribution in [1.82, 2.24) is 9.80 Å². The normalized spacial score (nSPS) is 19.5. The van der Waals surface area contributed by atoms with Crippen molar-refractivity contribution in [3.8, 4) is 17.2 Å². The van der Waals surface area contributed by atoms with Crippen LogP contribution in [-0.4, -0.2) is 74.9 Å². The Balaban J connectivity index is 1.46. The van der Waals surface area contributed by atoms with E-state index in [9.17, 15) is 18.3 Å². The molecule has 1 aromatic heterocycles. The number of fused-ring (bicyclic) bond motifs is 2. The first-order chi connectivity index (χ1) is 19.2. The number of aliphatic hydroxyl groups is 1. The lowest BCUT2D eigenvalue weighted by Crippen LogP contribution is -2.49. The summed E-state index contributed by atoms with van der Waals surface area (Å²) in [5.41, 5.74) is 1.47. The second-order valence-electron chi connectivity index (χ2n) is 10.2. The number of anilines is 1. The first-order valence-corrected chi connectivity index (χ1v) is 15.4. The molecule has 0 saturated carbocycles. The number of thiophene rings is 1. The third kappa shape index (κ3) is 5.90. The molecular weight excluding hydrogens is 554 g/mol. The summed E-state index contributed by atoms with van der Waals surface area (Å²) in [6.07, 6.45) is -0.397. The topological polar surface area (TPSA) is 118 Å². The monoisotopic (exact) mass is 587 g/mol. The summed E-state index contributed by atoms with van der Waals surface area (Å²) in [6, 6.07) is 13.4. The van der Waals surface area contributed by atoms with Crippen molar-refractivity contribution < 1.29 is 32.5 Å². The smallest absolute Gasteiger partial charge is 0.271 e. The fourth-order valence-corrected chi connectivity index (χ4v) is 6.93. The van der Waals surface area contributed by atoms with Crippen LogP contribution in [0.5, 0.6) is 17.2 Å². The molecule has 3 heterocycles. The van der Waals surface area contributed by atoms with Crippen molar-refractivity contribution in [2.75, 3.05) is 38.3 Å². The first kappa shape index (κ1) is 28.2. The van der Waals surface area contributed by atoms with Crippen LogP contribution in [0.3, 0.4) is 0 Å². The predicted molar refractivity (Wildman–Crippen MR) is 152 cm³/mol. The van der Waals surface area contributed by atoms with Crippen LogP contribution in [0.1, 0.15) is 29.8 Å². The van der Waals surface area contributed by atoms with Gasteiger partial charge < -0.3 is 24.2 Å². The molecule has 0 unspecified atom stereocenters. The van der Waals surface area contributed by atoms with Crippen molar-refractivity contribution in [3.63, 3.8) is 0 Å². The van der Waals surface area contributed by atoms with E-state index < -0.39 is 22.2 Å². The van der Waals surface area contributed by atoms with Gasteiger partial charge in [0.15, 0.2) is 17.2 Å². The number of nitrogens with one attached hydrogen (secondary N) is 1. The van der Waals surface area contributed by atoms with Crippen LogP contribution in [0.4, 0.5) is 5.69 Å². The van der Waals surface area contributed by atoms with Gasteiger partial charge in [0, 0.05) is 25.6 Å². The van der Waals surface area contributed by atoms with Crippen molar-refractivity contribution in [2.45, 2.75) is 36.7 Å². The van der Waals surface area contributed by atoms with Crippen LogP contribution in [-0.2, 0) is 16.6 Å². The van der Waals surface area contributed by atoms with E-state index in [4.69, 9.17) is 14.2 Å². The van der Waals surface area contributed by atoms with Gasteiger partial charge in [-0.15, -0.1) is 11.3 Å². The number of rotatable bonds is 9. The summed E-state index contributed by atoms with van der Waals surface area (Å²) in [5, 5.41) is 11.6. The minimum atomic E-state index is -3.89. The largest absolute Gasteiger partial charge is 0.486 e. The molecule has 0 spiro atoms. The van der Waals surface area contributed by atoms with E-state index in [-0.39, 0.29) is 46.4 Å². The van der Waals surface area contributed by atoms with Crippen LogP contribution in [0.15, 0.2) is 58.1 Å². The number of para-hydroxylation sites is 1. The van der Waals surface area contributed by atoms with Gasteiger partial charge >= 0.3 is 0 Å². The third-order valence-corrected chi connectivity index (χ3v) is 9.84. The second kappa shape index (κ2) is 11.7. The average Bonchev–Trinajstić information content (AvgIpc) is 3.63. The van der Waals surface area contributed by atoms with E-state index in [1.165, 1.54) is 6.07 Å². The number of carbonyl (C=O) groups excluding carboxylic acids is 1. The Kier molecular flexibility index (Phi) is 8.22. The molecule has 0 aliphatic carbocycles. The molecule has 3 atom stereocenters. The Hall–Kier alpha value is -3.32. The summed E-state index contributed by atoms with van der Waals surface area (Å²) in [5.74, 6) is 1.15. The number of aliphatic hydroxyl groups excluding tert-OH is 1. The SMILES string of the molecule is C[C@@H]1CN([C@H](C)CO)C(=O)c2cccc(NS(=O)(=O)c3cccs3)c2O[C@@H]1CN(C)Cc1ccc2c(c1)OCO2. The molecule has 2 aliphatic rings. The zero-order chi connectivity index (χ0) is 28.4. The molecule has 1 amide bonds. The standard InChI is InChI=1S/C28H33N3O7S2/c1-18-13-31(19(2)16-32)28(33)21-6-4-7-22(29-40(34,35)26-8-5-11-39-26)27(21)38-25(18)15-30(3)14-20-9-10-23-24(12-20)37-17-36-23/h4-12,18-19,25,29,32H,13-17H2,1-3H3/t18-,19-,25-/m1/s1. The molecule has 0 bridgehead atoms. The highest BCUT2D eigenvalue weighted by molar-refractivity contribution is 7.94. The highest BCUT2D eigenvalue weighted by atomic mass is 32.2. The fourth-order valence-electron chi connectivity index (χ4n) is 4.88. The number of benzene rings is 2. The Morgan fingerprint density at radius 1 is 1.18 bits per heavy atom. The summed E-state index contributed by atoms with van der Waals surface area (Å²) in [4.78, 5) is 17.4. The molecule has 214 valence electrons. The number of nitrogens with zero attached hydrogens (tertiary/aromatic N) is 2. The van der Waals surface area contributed by atoms with Crippen LogP contribution < -0.4 is 18.9 Å². The number of hydrogen-bond donors (Lipinski definition) is 2. The Morgan fingerprint density at radius 3 is 2.73 bits per heavy atom. The minimum absolute atomic E-state index is 0.132. The van der Waals surface area contributed by atoms with Gasteiger partial charge in [-0.1, -0.05) is 25.1 Å². The molecule has 5 rings (SSSR count). The van der Waals surface area contributed by atoms with Gasteiger partial charge in [0.05, 0.1) is 23.9 Å². The molecule has 40 heavy (non-hydrogen) atoms. The predicted octanol–water partition coefficient (Wildman–Crippen LogP) is 3.63. The summed E-state index contributed by atoms with van der Waals surface area (Å²) in [6.45, 7) is 5.27. The van der Waals surface area contributed by atoms with E-state index in [0.717, 1.165) is 22.6 Å². The highest BCUT2D eigenvalue weighted by Gasteiger charge is 2.35. The Bertz CT molecular complexity index is 1460. The van der Waals surface area contributed by atoms with Crippen molar-refractivity contribution in [3.05, 3.63) is 65.0 Å². The molecular formula is C28H33N3O7S2. The zero-order valence-electron chi connectivity index (χ0n) is 22.6. The number of amides is 1. The molecule has 2 N–H and O–H groups in total. The van der Waals surface area contributed by atoms with E-state index in [2.05, 4.69) is 9.62 Å². The van der Waals surface area contributed by atoms with Crippen LogP contribution >= 0.6 is 11.3 Å². The summed E-state index contributed by atoms with van der Waals surface area (Å²) >= 11 is 1.10. The van der Waals surface area contributed by atoms with Crippen LogP contribution in [0.2, 0.25) is 0 Å². The lowest BCUT2D eigenvalue weighted by Gasteiger charge is -2.38. The van der Waals surface area contributed by atoms with E-state index in [1.807, 2.05) is 32.2 Å². The molecule has 10 nitrogen and oxygen atoms in total. The van der Waals surface area contributed by atoms with Crippen LogP contribution in [0, 0.1) is 5.92 Å². The number of carbonyl (C=O) groups is 1. The number of ether oxygens (including phenoxy) is 3. The molecule has 0 saturated heterocycles. The van der Waals surface area contributed by atoms with Crippen molar-refractivity contribution in [1.29, 1.82) is 0 Å². The van der Waals surface area contributed by atoms with Gasteiger partial charge in [0.25, 0.3) is 15.9 Å². The molecule has 2 aliphatic heterocycles. The van der Waals surface area contributed by atoms with Gasteiger partial charge in [-0.3, -0.25) is 14.4 Å². The number of sulfonamides is 1. The molecule has 12 heteroatoms. The quantitative estimate of drug-likeness (QED) is 0.390. The maximum atomic E-state index is 13.7. The second-order valence-corrected chi connectivity index (χ2v) is 13.1. The Morgan fingerprint density at radius 2 is 1.98 bits per heavy atom. The molecule has 0 radical (unpaired) electrons. The first-order valence-electron chi connectivity index (χ1n) is 13.0. The highest BCUT2D eigenvalue weighted by Crippen LogP contribution is 2.37. The van der Waals surface area contributed by atoms with Crippen molar-refractivity contribution >= 4 is 33.0 Å². The lowest BCUT2D eigenvalue weighted by molar-refractivity contribution is 0.0344. The van der Waals surface area contributed by atoms with Gasteiger partial charge in [-0.05, 0) is 55.2 Å². The number of likely N-dealkylation sites (N-methyl/N-ethyl adjacent to an activating group) is 1. The fraction of sp³-hybridized carbons (Fsp3) is 0.393. The molecule has 3 aromatic rings. The molecule has 2 aromatic carbocycles. The zero-order valence-corrected chi connectivity index (χ0v) is 24.2. The maximum Gasteiger partial charge on any atom is 0.271 e. The third-order valence-electron chi connectivity index (χ3n) is 7.08. The van der Waals surface area contributed by atoms with Gasteiger partial charge in [-0.25, -0.2) is 8.42 Å². The van der Waals surface area contributed by atoms with Crippen LogP contribution in [0.25, 0.3) is 0 Å². The van der Waals surface area contributed by atoms with Gasteiger partial charge in [0.1, 0.15) is 10.3 Å². The lowest BCUT2D eigenvalue weighted by atomic mass is 9.99. The Labute approximate surface area is 238 Å².